The van der Waals surface area contributed by atoms with Crippen LogP contribution >= 0.6 is 0 Å². The third-order valence-corrected chi connectivity index (χ3v) is 1.37. The Morgan fingerprint density at radius 3 is 2.10 bits per heavy atom. The summed E-state index contributed by atoms with van der Waals surface area (Å²) >= 11 is 0. The first-order chi connectivity index (χ1) is 4.52. The van der Waals surface area contributed by atoms with E-state index in [1.807, 2.05) is 0 Å². The maximum absolute atomic E-state index is 5.83. The molecule has 2 heteroatoms. The Labute approximate surface area is 64.4 Å². The summed E-state index contributed by atoms with van der Waals surface area (Å²) in [7, 11) is 4.11. The Hall–Kier alpha value is -0.0800. The van der Waals surface area contributed by atoms with E-state index in [1.165, 1.54) is 0 Å². The Balaban J connectivity index is 3.34. The topological polar surface area (TPSA) is 29.3 Å². The summed E-state index contributed by atoms with van der Waals surface area (Å²) in [4.78, 5) is 2.13. The molecule has 0 heterocycles. The van der Waals surface area contributed by atoms with Crippen LogP contribution in [-0.2, 0) is 0 Å². The largest absolute Gasteiger partial charge is 0.327 e. The third kappa shape index (κ3) is 6.05. The SMILES string of the molecule is CC(C)C[C@H](N)CN(C)C. The van der Waals surface area contributed by atoms with Gasteiger partial charge in [0.2, 0.25) is 0 Å². The summed E-state index contributed by atoms with van der Waals surface area (Å²) < 4.78 is 0. The van der Waals surface area contributed by atoms with E-state index in [9.17, 15) is 0 Å². The lowest BCUT2D eigenvalue weighted by molar-refractivity contribution is 0.344. The Morgan fingerprint density at radius 1 is 1.30 bits per heavy atom. The molecule has 2 nitrogen and oxygen atoms in total. The minimum atomic E-state index is 0.343. The lowest BCUT2D eigenvalue weighted by atomic mass is 10.0. The summed E-state index contributed by atoms with van der Waals surface area (Å²) in [5.41, 5.74) is 5.83. The zero-order chi connectivity index (χ0) is 8.15. The molecule has 0 amide bonds. The van der Waals surface area contributed by atoms with Crippen molar-refractivity contribution in [1.29, 1.82) is 0 Å². The first kappa shape index (κ1) is 9.92. The molecule has 0 radical (unpaired) electrons. The second-order valence-corrected chi connectivity index (χ2v) is 3.65. The fourth-order valence-corrected chi connectivity index (χ4v) is 1.15. The van der Waals surface area contributed by atoms with Crippen LogP contribution in [0.25, 0.3) is 0 Å². The smallest absolute Gasteiger partial charge is 0.0170 e. The zero-order valence-electron chi connectivity index (χ0n) is 7.59. The van der Waals surface area contributed by atoms with Crippen molar-refractivity contribution < 1.29 is 0 Å². The average molecular weight is 144 g/mol. The van der Waals surface area contributed by atoms with E-state index >= 15 is 0 Å². The lowest BCUT2D eigenvalue weighted by Crippen LogP contribution is -2.34. The van der Waals surface area contributed by atoms with Crippen molar-refractivity contribution in [2.24, 2.45) is 11.7 Å². The molecular formula is C8H20N2. The summed E-state index contributed by atoms with van der Waals surface area (Å²) in [6.45, 7) is 5.41. The highest BCUT2D eigenvalue weighted by Gasteiger charge is 2.05. The molecule has 0 unspecified atom stereocenters. The maximum Gasteiger partial charge on any atom is 0.0170 e. The van der Waals surface area contributed by atoms with Gasteiger partial charge in [-0.05, 0) is 26.4 Å². The molecular weight excluding hydrogens is 124 g/mol. The lowest BCUT2D eigenvalue weighted by Gasteiger charge is -2.18. The van der Waals surface area contributed by atoms with Gasteiger partial charge in [-0.2, -0.15) is 0 Å². The zero-order valence-corrected chi connectivity index (χ0v) is 7.59. The van der Waals surface area contributed by atoms with Crippen LogP contribution < -0.4 is 5.73 Å². The van der Waals surface area contributed by atoms with Gasteiger partial charge in [-0.3, -0.25) is 0 Å². The molecule has 0 aliphatic rings. The summed E-state index contributed by atoms with van der Waals surface area (Å²) in [6.07, 6.45) is 1.12. The van der Waals surface area contributed by atoms with Gasteiger partial charge in [0.15, 0.2) is 0 Å². The molecule has 0 fully saturated rings. The number of likely N-dealkylation sites (N-methyl/N-ethyl adjacent to an activating group) is 1. The van der Waals surface area contributed by atoms with Crippen LogP contribution in [0.1, 0.15) is 20.3 Å². The van der Waals surface area contributed by atoms with Gasteiger partial charge in [-0.15, -0.1) is 0 Å². The standard InChI is InChI=1S/C8H20N2/c1-7(2)5-8(9)6-10(3)4/h7-8H,5-6,9H2,1-4H3/t8-/m0/s1. The highest BCUT2D eigenvalue weighted by atomic mass is 15.1. The van der Waals surface area contributed by atoms with Gasteiger partial charge in [-0.25, -0.2) is 0 Å². The molecule has 0 bridgehead atoms. The van der Waals surface area contributed by atoms with Crippen LogP contribution in [0.5, 0.6) is 0 Å². The molecule has 0 aliphatic carbocycles. The van der Waals surface area contributed by atoms with Gasteiger partial charge in [0, 0.05) is 12.6 Å². The second kappa shape index (κ2) is 4.69. The van der Waals surface area contributed by atoms with Crippen molar-refractivity contribution in [3.05, 3.63) is 0 Å². The van der Waals surface area contributed by atoms with Crippen LogP contribution in [0, 0.1) is 5.92 Å². The highest BCUT2D eigenvalue weighted by molar-refractivity contribution is 4.65. The van der Waals surface area contributed by atoms with E-state index in [4.69, 9.17) is 5.73 Å². The molecule has 10 heavy (non-hydrogen) atoms. The van der Waals surface area contributed by atoms with Gasteiger partial charge in [0.25, 0.3) is 0 Å². The first-order valence-electron chi connectivity index (χ1n) is 3.92. The molecule has 0 rings (SSSR count). The number of nitrogens with two attached hydrogens (primary N) is 1. The Morgan fingerprint density at radius 2 is 1.80 bits per heavy atom. The monoisotopic (exact) mass is 144 g/mol. The number of nitrogens with zero attached hydrogens (tertiary/aromatic N) is 1. The average Bonchev–Trinajstić information content (AvgIpc) is 1.58. The van der Waals surface area contributed by atoms with Crippen LogP contribution in [-0.4, -0.2) is 31.6 Å². The molecule has 0 aliphatic heterocycles. The number of hydrogen-bond donors (Lipinski definition) is 1. The van der Waals surface area contributed by atoms with Gasteiger partial charge in [-0.1, -0.05) is 13.8 Å². The van der Waals surface area contributed by atoms with Gasteiger partial charge in [0.1, 0.15) is 0 Å². The molecule has 0 spiro atoms. The van der Waals surface area contributed by atoms with E-state index in [-0.39, 0.29) is 0 Å². The van der Waals surface area contributed by atoms with Gasteiger partial charge < -0.3 is 10.6 Å². The molecule has 0 aromatic carbocycles. The molecule has 2 N–H and O–H groups in total. The Kier molecular flexibility index (Phi) is 4.65. The van der Waals surface area contributed by atoms with Crippen molar-refractivity contribution in [3.63, 3.8) is 0 Å². The molecule has 0 saturated heterocycles. The predicted octanol–water partition coefficient (Wildman–Crippen LogP) is 0.921. The molecule has 0 aromatic rings. The second-order valence-electron chi connectivity index (χ2n) is 3.65. The van der Waals surface area contributed by atoms with Crippen LogP contribution in [0.4, 0.5) is 0 Å². The Bertz CT molecular complexity index is 69.3. The molecule has 0 aromatic heterocycles. The predicted molar refractivity (Wildman–Crippen MR) is 46.0 cm³/mol. The fraction of sp³-hybridized carbons (Fsp3) is 1.00. The van der Waals surface area contributed by atoms with Crippen LogP contribution in [0.2, 0.25) is 0 Å². The molecule has 0 saturated carbocycles. The van der Waals surface area contributed by atoms with Crippen molar-refractivity contribution in [2.45, 2.75) is 26.3 Å². The molecule has 1 atom stereocenters. The third-order valence-electron chi connectivity index (χ3n) is 1.37. The quantitative estimate of drug-likeness (QED) is 0.636. The maximum atomic E-state index is 5.83. The van der Waals surface area contributed by atoms with E-state index < -0.39 is 0 Å². The highest BCUT2D eigenvalue weighted by Crippen LogP contribution is 2.02. The van der Waals surface area contributed by atoms with Crippen molar-refractivity contribution >= 4 is 0 Å². The normalized spacial score (nSPS) is 14.7. The van der Waals surface area contributed by atoms with Crippen molar-refractivity contribution in [3.8, 4) is 0 Å². The van der Waals surface area contributed by atoms with E-state index in [1.54, 1.807) is 0 Å². The number of hydrogen-bond acceptors (Lipinski definition) is 2. The minimum absolute atomic E-state index is 0.343. The van der Waals surface area contributed by atoms with E-state index in [0.29, 0.717) is 6.04 Å². The summed E-state index contributed by atoms with van der Waals surface area (Å²) in [5, 5.41) is 0. The summed E-state index contributed by atoms with van der Waals surface area (Å²) in [6, 6.07) is 0.343. The van der Waals surface area contributed by atoms with Crippen LogP contribution in [0.3, 0.4) is 0 Å². The fourth-order valence-electron chi connectivity index (χ4n) is 1.15. The summed E-state index contributed by atoms with van der Waals surface area (Å²) in [5.74, 6) is 0.718. The van der Waals surface area contributed by atoms with Crippen molar-refractivity contribution in [1.82, 2.24) is 4.90 Å². The van der Waals surface area contributed by atoms with Gasteiger partial charge in [0.05, 0.1) is 0 Å². The first-order valence-corrected chi connectivity index (χ1v) is 3.92. The number of rotatable bonds is 4. The van der Waals surface area contributed by atoms with E-state index in [0.717, 1.165) is 18.9 Å². The molecule has 62 valence electrons. The minimum Gasteiger partial charge on any atom is -0.327 e. The van der Waals surface area contributed by atoms with E-state index in [2.05, 4.69) is 32.8 Å². The van der Waals surface area contributed by atoms with Crippen LogP contribution in [0.15, 0.2) is 0 Å². The van der Waals surface area contributed by atoms with Crippen molar-refractivity contribution in [2.75, 3.05) is 20.6 Å². The van der Waals surface area contributed by atoms with Gasteiger partial charge >= 0.3 is 0 Å².